The van der Waals surface area contributed by atoms with E-state index in [1.54, 1.807) is 0 Å². The molecule has 0 radical (unpaired) electrons. The summed E-state index contributed by atoms with van der Waals surface area (Å²) in [6, 6.07) is 0. The molecule has 16 heavy (non-hydrogen) atoms. The van der Waals surface area contributed by atoms with Crippen molar-refractivity contribution >= 4 is 11.8 Å². The topological polar surface area (TPSA) is 46.2 Å². The Hall–Kier alpha value is -0.860. The largest absolute Gasteiger partial charge is 0.296 e. The van der Waals surface area contributed by atoms with Gasteiger partial charge in [0, 0.05) is 12.3 Å². The summed E-state index contributed by atoms with van der Waals surface area (Å²) >= 11 is 0. The minimum Gasteiger partial charge on any atom is -0.296 e. The molecule has 2 unspecified atom stereocenters. The SMILES string of the molecule is CCC(C)(CC1CC(=O)NC1=O)C(C)(C)C. The van der Waals surface area contributed by atoms with Gasteiger partial charge in [0.25, 0.3) is 0 Å². The molecule has 1 aliphatic heterocycles. The smallest absolute Gasteiger partial charge is 0.230 e. The van der Waals surface area contributed by atoms with Gasteiger partial charge in [0.2, 0.25) is 11.8 Å². The Bertz CT molecular complexity index is 304. The molecule has 3 heteroatoms. The highest BCUT2D eigenvalue weighted by Crippen LogP contribution is 2.46. The molecule has 0 aromatic rings. The number of carbonyl (C=O) groups is 2. The van der Waals surface area contributed by atoms with Crippen molar-refractivity contribution < 1.29 is 9.59 Å². The third kappa shape index (κ3) is 2.45. The van der Waals surface area contributed by atoms with Crippen LogP contribution >= 0.6 is 0 Å². The third-order valence-corrected chi connectivity index (χ3v) is 4.35. The molecule has 1 aliphatic rings. The summed E-state index contributed by atoms with van der Waals surface area (Å²) in [5.74, 6) is -0.340. The predicted octanol–water partition coefficient (Wildman–Crippen LogP) is 2.50. The van der Waals surface area contributed by atoms with Crippen molar-refractivity contribution in [1.29, 1.82) is 0 Å². The van der Waals surface area contributed by atoms with E-state index < -0.39 is 0 Å². The van der Waals surface area contributed by atoms with Crippen LogP contribution in [0.1, 0.15) is 53.9 Å². The number of amides is 2. The van der Waals surface area contributed by atoms with E-state index in [0.29, 0.717) is 6.42 Å². The van der Waals surface area contributed by atoms with Crippen LogP contribution in [0.15, 0.2) is 0 Å². The summed E-state index contributed by atoms with van der Waals surface area (Å²) in [6.45, 7) is 11.0. The molecule has 0 bridgehead atoms. The van der Waals surface area contributed by atoms with Gasteiger partial charge in [0.1, 0.15) is 0 Å². The van der Waals surface area contributed by atoms with Crippen molar-refractivity contribution in [1.82, 2.24) is 5.32 Å². The van der Waals surface area contributed by atoms with Gasteiger partial charge in [-0.05, 0) is 17.3 Å². The van der Waals surface area contributed by atoms with E-state index in [2.05, 4.69) is 39.9 Å². The number of nitrogens with one attached hydrogen (secondary N) is 1. The summed E-state index contributed by atoms with van der Waals surface area (Å²) < 4.78 is 0. The van der Waals surface area contributed by atoms with Gasteiger partial charge in [-0.3, -0.25) is 14.9 Å². The van der Waals surface area contributed by atoms with E-state index in [4.69, 9.17) is 0 Å². The predicted molar refractivity (Wildman–Crippen MR) is 63.7 cm³/mol. The molecule has 0 aromatic heterocycles. The highest BCUT2D eigenvalue weighted by Gasteiger charge is 2.42. The summed E-state index contributed by atoms with van der Waals surface area (Å²) in [6.07, 6.45) is 2.18. The van der Waals surface area contributed by atoms with E-state index in [0.717, 1.165) is 12.8 Å². The lowest BCUT2D eigenvalue weighted by atomic mass is 9.62. The molecule has 0 aliphatic carbocycles. The van der Waals surface area contributed by atoms with Crippen molar-refractivity contribution in [3.05, 3.63) is 0 Å². The van der Waals surface area contributed by atoms with E-state index in [9.17, 15) is 9.59 Å². The number of imide groups is 1. The minimum atomic E-state index is -0.128. The Morgan fingerprint density at radius 1 is 1.25 bits per heavy atom. The van der Waals surface area contributed by atoms with Gasteiger partial charge < -0.3 is 0 Å². The van der Waals surface area contributed by atoms with Crippen LogP contribution in [0.5, 0.6) is 0 Å². The molecule has 0 saturated carbocycles. The maximum absolute atomic E-state index is 11.6. The summed E-state index contributed by atoms with van der Waals surface area (Å²) in [5.41, 5.74) is 0.243. The van der Waals surface area contributed by atoms with Crippen LogP contribution in [0.2, 0.25) is 0 Å². The first-order valence-corrected chi connectivity index (χ1v) is 6.03. The van der Waals surface area contributed by atoms with Crippen LogP contribution in [0.3, 0.4) is 0 Å². The van der Waals surface area contributed by atoms with Crippen molar-refractivity contribution in [3.8, 4) is 0 Å². The fourth-order valence-corrected chi connectivity index (χ4v) is 2.30. The Morgan fingerprint density at radius 2 is 1.81 bits per heavy atom. The lowest BCUT2D eigenvalue weighted by Gasteiger charge is -2.42. The molecule has 0 spiro atoms. The zero-order chi connectivity index (χ0) is 12.6. The summed E-state index contributed by atoms with van der Waals surface area (Å²) in [5, 5.41) is 2.39. The molecule has 3 nitrogen and oxygen atoms in total. The molecule has 1 heterocycles. The molecule has 1 fully saturated rings. The Balaban J connectivity index is 2.78. The molecule has 1 saturated heterocycles. The first kappa shape index (κ1) is 13.2. The summed E-state index contributed by atoms with van der Waals surface area (Å²) in [4.78, 5) is 22.7. The van der Waals surface area contributed by atoms with Crippen molar-refractivity contribution in [2.24, 2.45) is 16.7 Å². The highest BCUT2D eigenvalue weighted by atomic mass is 16.2. The number of hydrogen-bond acceptors (Lipinski definition) is 2. The maximum atomic E-state index is 11.6. The Morgan fingerprint density at radius 3 is 2.12 bits per heavy atom. The van der Waals surface area contributed by atoms with Crippen molar-refractivity contribution in [3.63, 3.8) is 0 Å². The molecular weight excluding hydrogens is 202 g/mol. The van der Waals surface area contributed by atoms with Gasteiger partial charge in [0.15, 0.2) is 0 Å². The van der Waals surface area contributed by atoms with Crippen LogP contribution in [-0.4, -0.2) is 11.8 Å². The van der Waals surface area contributed by atoms with E-state index in [1.807, 2.05) is 0 Å². The third-order valence-electron chi connectivity index (χ3n) is 4.35. The summed E-state index contributed by atoms with van der Waals surface area (Å²) in [7, 11) is 0. The van der Waals surface area contributed by atoms with Gasteiger partial charge in [-0.1, -0.05) is 41.0 Å². The molecule has 0 aromatic carbocycles. The molecule has 2 amide bonds. The average Bonchev–Trinajstić information content (AvgIpc) is 2.43. The standard InChI is InChI=1S/C13H23NO2/c1-6-13(5,12(2,3)4)8-9-7-10(15)14-11(9)16/h9H,6-8H2,1-5H3,(H,14,15,16). The molecule has 92 valence electrons. The Labute approximate surface area is 98.0 Å². The van der Waals surface area contributed by atoms with Crippen molar-refractivity contribution in [2.45, 2.75) is 53.9 Å². The van der Waals surface area contributed by atoms with E-state index >= 15 is 0 Å². The molecule has 1 N–H and O–H groups in total. The first-order chi connectivity index (χ1) is 7.19. The van der Waals surface area contributed by atoms with Crippen LogP contribution in [0, 0.1) is 16.7 Å². The average molecular weight is 225 g/mol. The van der Waals surface area contributed by atoms with Crippen LogP contribution in [0.4, 0.5) is 0 Å². The second-order valence-corrected chi connectivity index (χ2v) is 6.18. The number of carbonyl (C=O) groups excluding carboxylic acids is 2. The van der Waals surface area contributed by atoms with Gasteiger partial charge in [-0.2, -0.15) is 0 Å². The number of hydrogen-bond donors (Lipinski definition) is 1. The minimum absolute atomic E-state index is 0.0890. The number of rotatable bonds is 3. The monoisotopic (exact) mass is 225 g/mol. The maximum Gasteiger partial charge on any atom is 0.230 e. The molecule has 2 atom stereocenters. The van der Waals surface area contributed by atoms with Gasteiger partial charge in [-0.15, -0.1) is 0 Å². The molecule has 1 rings (SSSR count). The Kier molecular flexibility index (Phi) is 3.46. The fraction of sp³-hybridized carbons (Fsp3) is 0.846. The lowest BCUT2D eigenvalue weighted by molar-refractivity contribution is -0.126. The van der Waals surface area contributed by atoms with Crippen LogP contribution in [-0.2, 0) is 9.59 Å². The first-order valence-electron chi connectivity index (χ1n) is 6.03. The van der Waals surface area contributed by atoms with Crippen LogP contribution in [0.25, 0.3) is 0 Å². The van der Waals surface area contributed by atoms with Gasteiger partial charge >= 0.3 is 0 Å². The zero-order valence-corrected chi connectivity index (χ0v) is 11.0. The lowest BCUT2D eigenvalue weighted by Crippen LogP contribution is -2.36. The van der Waals surface area contributed by atoms with Gasteiger partial charge in [-0.25, -0.2) is 0 Å². The van der Waals surface area contributed by atoms with Gasteiger partial charge in [0.05, 0.1) is 0 Å². The second kappa shape index (κ2) is 4.19. The van der Waals surface area contributed by atoms with Crippen molar-refractivity contribution in [2.75, 3.05) is 0 Å². The van der Waals surface area contributed by atoms with E-state index in [1.165, 1.54) is 0 Å². The zero-order valence-electron chi connectivity index (χ0n) is 11.0. The molecular formula is C13H23NO2. The van der Waals surface area contributed by atoms with Crippen LogP contribution < -0.4 is 5.32 Å². The highest BCUT2D eigenvalue weighted by molar-refractivity contribution is 6.03. The second-order valence-electron chi connectivity index (χ2n) is 6.18. The quantitative estimate of drug-likeness (QED) is 0.750. The van der Waals surface area contributed by atoms with E-state index in [-0.39, 0.29) is 28.6 Å². The fourth-order valence-electron chi connectivity index (χ4n) is 2.30. The normalized spacial score (nSPS) is 25.4.